The molecular formula is C37H37NO8S. The molecule has 0 amide bonds. The molecule has 0 aromatic heterocycles. The minimum atomic E-state index is -3.33. The number of phenols is 1. The van der Waals surface area contributed by atoms with Crippen LogP contribution < -0.4 is 14.2 Å². The molecule has 5 aromatic rings. The van der Waals surface area contributed by atoms with Gasteiger partial charge in [-0.1, -0.05) is 31.2 Å². The number of ether oxygens (including phenoxy) is 4. The number of phenolic OH excluding ortho intramolecular Hbond substituents is 1. The number of esters is 1. The van der Waals surface area contributed by atoms with E-state index in [2.05, 4.69) is 11.8 Å². The average Bonchev–Trinajstić information content (AvgIpc) is 3.07. The number of likely N-dealkylation sites (N-methyl/N-ethyl adjacent to an activating group) is 1. The SMILES string of the molecule is CCN(CCOc1ccc(Oc2c(-c3ccc(S(C)(=O)=O)cc3)ccc3cc(O)ccc23)cc1)CCOc1cccc(C(=O)OC)c1. The van der Waals surface area contributed by atoms with Crippen LogP contribution in [-0.2, 0) is 14.6 Å². The first-order chi connectivity index (χ1) is 22.6. The van der Waals surface area contributed by atoms with Crippen LogP contribution >= 0.6 is 0 Å². The van der Waals surface area contributed by atoms with Crippen molar-refractivity contribution >= 4 is 26.6 Å². The van der Waals surface area contributed by atoms with E-state index in [4.69, 9.17) is 18.9 Å². The largest absolute Gasteiger partial charge is 0.508 e. The number of nitrogens with zero attached hydrogens (tertiary/aromatic N) is 1. The molecule has 5 aromatic carbocycles. The number of carbonyl (C=O) groups excluding carboxylic acids is 1. The summed E-state index contributed by atoms with van der Waals surface area (Å²) in [6, 6.07) is 29.8. The summed E-state index contributed by atoms with van der Waals surface area (Å²) in [7, 11) is -1.98. The first-order valence-electron chi connectivity index (χ1n) is 15.1. The summed E-state index contributed by atoms with van der Waals surface area (Å²) in [6.45, 7) is 5.23. The van der Waals surface area contributed by atoms with Crippen LogP contribution in [0.2, 0.25) is 0 Å². The molecule has 0 radical (unpaired) electrons. The standard InChI is InChI=1S/C37H37NO8S/c1-4-38(21-23-45-32-7-5-6-28(25-32)37(40)43-2)20-22-44-30-12-14-31(15-13-30)46-36-34(18-10-27-24-29(39)11-19-35(27)36)26-8-16-33(17-9-26)47(3,41)42/h5-19,24-25,39H,4,20-23H2,1-3H3. The lowest BCUT2D eigenvalue weighted by Crippen LogP contribution is -2.32. The Morgan fingerprint density at radius 1 is 0.787 bits per heavy atom. The molecule has 0 bridgehead atoms. The Balaban J connectivity index is 1.21. The van der Waals surface area contributed by atoms with E-state index in [9.17, 15) is 18.3 Å². The smallest absolute Gasteiger partial charge is 0.337 e. The van der Waals surface area contributed by atoms with Crippen molar-refractivity contribution in [3.63, 3.8) is 0 Å². The van der Waals surface area contributed by atoms with Crippen molar-refractivity contribution in [3.8, 4) is 39.9 Å². The molecule has 0 unspecified atom stereocenters. The molecule has 0 spiro atoms. The van der Waals surface area contributed by atoms with E-state index in [-0.39, 0.29) is 10.6 Å². The van der Waals surface area contributed by atoms with Gasteiger partial charge in [-0.25, -0.2) is 13.2 Å². The fourth-order valence-corrected chi connectivity index (χ4v) is 5.70. The summed E-state index contributed by atoms with van der Waals surface area (Å²) in [5, 5.41) is 11.6. The number of rotatable bonds is 14. The van der Waals surface area contributed by atoms with Crippen LogP contribution in [0.25, 0.3) is 21.9 Å². The zero-order valence-corrected chi connectivity index (χ0v) is 27.3. The van der Waals surface area contributed by atoms with Gasteiger partial charge in [0.25, 0.3) is 0 Å². The molecule has 0 aliphatic carbocycles. The van der Waals surface area contributed by atoms with Gasteiger partial charge >= 0.3 is 5.97 Å². The highest BCUT2D eigenvalue weighted by atomic mass is 32.2. The third kappa shape index (κ3) is 8.60. The number of hydrogen-bond acceptors (Lipinski definition) is 9. The molecule has 47 heavy (non-hydrogen) atoms. The van der Waals surface area contributed by atoms with Crippen LogP contribution in [0.3, 0.4) is 0 Å². The van der Waals surface area contributed by atoms with Gasteiger partial charge in [0.05, 0.1) is 17.6 Å². The maximum Gasteiger partial charge on any atom is 0.337 e. The van der Waals surface area contributed by atoms with Crippen molar-refractivity contribution in [1.29, 1.82) is 0 Å². The first kappa shape index (κ1) is 33.3. The summed E-state index contributed by atoms with van der Waals surface area (Å²) >= 11 is 0. The highest BCUT2D eigenvalue weighted by Crippen LogP contribution is 2.41. The number of fused-ring (bicyclic) bond motifs is 1. The molecule has 5 rings (SSSR count). The number of sulfone groups is 1. The minimum absolute atomic E-state index is 0.148. The normalized spacial score (nSPS) is 11.4. The number of hydrogen-bond donors (Lipinski definition) is 1. The predicted octanol–water partition coefficient (Wildman–Crippen LogP) is 6.97. The van der Waals surface area contributed by atoms with E-state index in [0.717, 1.165) is 28.4 Å². The van der Waals surface area contributed by atoms with Crippen molar-refractivity contribution in [1.82, 2.24) is 4.90 Å². The number of aromatic hydroxyl groups is 1. The third-order valence-corrected chi connectivity index (χ3v) is 8.77. The maximum absolute atomic E-state index is 12.0. The highest BCUT2D eigenvalue weighted by Gasteiger charge is 2.15. The summed E-state index contributed by atoms with van der Waals surface area (Å²) in [6.07, 6.45) is 1.18. The molecule has 0 fully saturated rings. The Hall–Kier alpha value is -5.06. The quantitative estimate of drug-likeness (QED) is 0.127. The monoisotopic (exact) mass is 655 g/mol. The first-order valence-corrected chi connectivity index (χ1v) is 17.0. The van der Waals surface area contributed by atoms with Crippen LogP contribution in [0.4, 0.5) is 0 Å². The van der Waals surface area contributed by atoms with Crippen LogP contribution in [0.1, 0.15) is 17.3 Å². The van der Waals surface area contributed by atoms with E-state index < -0.39 is 15.8 Å². The second-order valence-electron chi connectivity index (χ2n) is 10.9. The second kappa shape index (κ2) is 15.0. The van der Waals surface area contributed by atoms with Gasteiger partial charge in [0.2, 0.25) is 0 Å². The van der Waals surface area contributed by atoms with E-state index in [1.165, 1.54) is 13.4 Å². The van der Waals surface area contributed by atoms with Gasteiger partial charge in [-0.3, -0.25) is 4.90 Å². The molecule has 0 aliphatic rings. The molecule has 0 aliphatic heterocycles. The highest BCUT2D eigenvalue weighted by molar-refractivity contribution is 7.90. The molecule has 0 saturated heterocycles. The summed E-state index contributed by atoms with van der Waals surface area (Å²) < 4.78 is 47.0. The summed E-state index contributed by atoms with van der Waals surface area (Å²) in [4.78, 5) is 14.2. The third-order valence-electron chi connectivity index (χ3n) is 7.65. The molecule has 9 nitrogen and oxygen atoms in total. The van der Waals surface area contributed by atoms with Gasteiger partial charge in [-0.2, -0.15) is 0 Å². The van der Waals surface area contributed by atoms with Gasteiger partial charge in [0, 0.05) is 30.3 Å². The van der Waals surface area contributed by atoms with E-state index >= 15 is 0 Å². The number of benzene rings is 5. The van der Waals surface area contributed by atoms with E-state index in [1.807, 2.05) is 42.5 Å². The Bertz CT molecular complexity index is 1940. The van der Waals surface area contributed by atoms with Crippen LogP contribution in [-0.4, -0.2) is 70.6 Å². The maximum atomic E-state index is 12.0. The predicted molar refractivity (Wildman–Crippen MR) is 182 cm³/mol. The molecule has 0 heterocycles. The van der Waals surface area contributed by atoms with Crippen LogP contribution in [0, 0.1) is 0 Å². The second-order valence-corrected chi connectivity index (χ2v) is 12.9. The average molecular weight is 656 g/mol. The zero-order valence-electron chi connectivity index (χ0n) is 26.5. The van der Waals surface area contributed by atoms with E-state index in [0.29, 0.717) is 54.9 Å². The van der Waals surface area contributed by atoms with Crippen molar-refractivity contribution in [2.45, 2.75) is 11.8 Å². The van der Waals surface area contributed by atoms with Gasteiger partial charge in [0.15, 0.2) is 9.84 Å². The van der Waals surface area contributed by atoms with Gasteiger partial charge in [0.1, 0.15) is 42.0 Å². The Labute approximate surface area is 274 Å². The van der Waals surface area contributed by atoms with Gasteiger partial charge in [-0.05, 0) is 96.4 Å². The van der Waals surface area contributed by atoms with E-state index in [1.54, 1.807) is 60.7 Å². The molecule has 244 valence electrons. The Morgan fingerprint density at radius 3 is 2.13 bits per heavy atom. The zero-order chi connectivity index (χ0) is 33.4. The fourth-order valence-electron chi connectivity index (χ4n) is 5.07. The van der Waals surface area contributed by atoms with Crippen LogP contribution in [0.5, 0.6) is 28.7 Å². The lowest BCUT2D eigenvalue weighted by molar-refractivity contribution is 0.0600. The van der Waals surface area contributed by atoms with Crippen molar-refractivity contribution in [3.05, 3.63) is 109 Å². The molecule has 10 heteroatoms. The van der Waals surface area contributed by atoms with Crippen molar-refractivity contribution < 1.29 is 37.3 Å². The van der Waals surface area contributed by atoms with Gasteiger partial charge in [-0.15, -0.1) is 0 Å². The number of methoxy groups -OCH3 is 1. The molecule has 0 saturated carbocycles. The Morgan fingerprint density at radius 2 is 1.47 bits per heavy atom. The fraction of sp³-hybridized carbons (Fsp3) is 0.216. The van der Waals surface area contributed by atoms with Crippen molar-refractivity contribution in [2.75, 3.05) is 46.2 Å². The molecule has 1 N–H and O–H groups in total. The number of carbonyl (C=O) groups is 1. The minimum Gasteiger partial charge on any atom is -0.508 e. The molecule has 0 atom stereocenters. The summed E-state index contributed by atoms with van der Waals surface area (Å²) in [5.41, 5.74) is 2.02. The molecular weight excluding hydrogens is 618 g/mol. The lowest BCUT2D eigenvalue weighted by atomic mass is 9.99. The van der Waals surface area contributed by atoms with Crippen molar-refractivity contribution in [2.24, 2.45) is 0 Å². The van der Waals surface area contributed by atoms with Gasteiger partial charge < -0.3 is 24.1 Å². The Kier molecular flexibility index (Phi) is 10.6. The topological polar surface area (TPSA) is 112 Å². The summed E-state index contributed by atoms with van der Waals surface area (Å²) in [5.74, 6) is 2.23. The lowest BCUT2D eigenvalue weighted by Gasteiger charge is -2.21. The van der Waals surface area contributed by atoms with Crippen LogP contribution in [0.15, 0.2) is 108 Å².